The number of benzene rings is 1. The number of halogens is 1. The smallest absolute Gasteiger partial charge is 0.305 e. The number of thiocarbonyl (C=S) groups is 1. The van der Waals surface area contributed by atoms with Gasteiger partial charge in [-0.3, -0.25) is 10.2 Å². The molecule has 0 heterocycles. The third-order valence-electron chi connectivity index (χ3n) is 2.49. The summed E-state index contributed by atoms with van der Waals surface area (Å²) in [5.41, 5.74) is 4.39. The van der Waals surface area contributed by atoms with E-state index in [0.29, 0.717) is 11.5 Å². The maximum atomic E-state index is 11.3. The first-order chi connectivity index (χ1) is 9.56. The van der Waals surface area contributed by atoms with E-state index in [1.54, 1.807) is 7.05 Å². The Hall–Kier alpha value is -1.47. The maximum absolute atomic E-state index is 11.3. The number of carbonyl (C=O) groups is 1. The van der Waals surface area contributed by atoms with Crippen molar-refractivity contribution in [3.63, 3.8) is 0 Å². The van der Waals surface area contributed by atoms with Crippen molar-refractivity contribution in [2.75, 3.05) is 14.2 Å². The van der Waals surface area contributed by atoms with Gasteiger partial charge in [-0.05, 0) is 29.9 Å². The van der Waals surface area contributed by atoms with Gasteiger partial charge in [0.1, 0.15) is 0 Å². The molecule has 0 aliphatic carbocycles. The van der Waals surface area contributed by atoms with E-state index in [0.717, 1.165) is 15.7 Å². The monoisotopic (exact) mass is 357 g/mol. The maximum Gasteiger partial charge on any atom is 0.305 e. The van der Waals surface area contributed by atoms with E-state index in [2.05, 4.69) is 36.5 Å². The highest BCUT2D eigenvalue weighted by Crippen LogP contribution is 2.13. The van der Waals surface area contributed by atoms with Crippen LogP contribution >= 0.6 is 28.1 Å². The van der Waals surface area contributed by atoms with Gasteiger partial charge in [0.15, 0.2) is 5.11 Å². The molecule has 0 bridgehead atoms. The normalized spacial score (nSPS) is 10.8. The Labute approximate surface area is 131 Å². The highest BCUT2D eigenvalue weighted by molar-refractivity contribution is 9.10. The van der Waals surface area contributed by atoms with Crippen LogP contribution in [0.1, 0.15) is 18.4 Å². The molecule has 0 aliphatic heterocycles. The fourth-order valence-corrected chi connectivity index (χ4v) is 1.71. The van der Waals surface area contributed by atoms with E-state index in [1.165, 1.54) is 7.11 Å². The van der Waals surface area contributed by atoms with Gasteiger partial charge in [0, 0.05) is 17.9 Å². The van der Waals surface area contributed by atoms with Crippen molar-refractivity contribution in [2.45, 2.75) is 12.8 Å². The predicted octanol–water partition coefficient (Wildman–Crippen LogP) is 2.20. The lowest BCUT2D eigenvalue weighted by Crippen LogP contribution is -2.29. The molecule has 5 nitrogen and oxygen atoms in total. The number of nitrogens with one attached hydrogen (secondary N) is 2. The summed E-state index contributed by atoms with van der Waals surface area (Å²) in [6, 6.07) is 7.67. The lowest BCUT2D eigenvalue weighted by atomic mass is 10.1. The highest BCUT2D eigenvalue weighted by atomic mass is 79.9. The molecule has 0 unspecified atom stereocenters. The average molecular weight is 358 g/mol. The van der Waals surface area contributed by atoms with Gasteiger partial charge >= 0.3 is 5.97 Å². The molecule has 0 saturated heterocycles. The first kappa shape index (κ1) is 16.6. The second-order valence-electron chi connectivity index (χ2n) is 3.83. The van der Waals surface area contributed by atoms with E-state index < -0.39 is 0 Å². The third-order valence-corrected chi connectivity index (χ3v) is 3.31. The minimum Gasteiger partial charge on any atom is -0.469 e. The summed E-state index contributed by atoms with van der Waals surface area (Å²) < 4.78 is 5.62. The Morgan fingerprint density at radius 3 is 2.55 bits per heavy atom. The molecule has 0 aromatic heterocycles. The molecule has 0 aliphatic rings. The Balaban J connectivity index is 2.85. The summed E-state index contributed by atoms with van der Waals surface area (Å²) in [7, 11) is 3.08. The first-order valence-electron chi connectivity index (χ1n) is 5.94. The minimum atomic E-state index is -0.272. The number of esters is 1. The van der Waals surface area contributed by atoms with Crippen LogP contribution in [-0.2, 0) is 9.53 Å². The average Bonchev–Trinajstić information content (AvgIpc) is 2.47. The molecule has 20 heavy (non-hydrogen) atoms. The van der Waals surface area contributed by atoms with Gasteiger partial charge in [-0.2, -0.15) is 5.10 Å². The van der Waals surface area contributed by atoms with Gasteiger partial charge in [-0.15, -0.1) is 0 Å². The molecule has 2 N–H and O–H groups in total. The van der Waals surface area contributed by atoms with Gasteiger partial charge in [0.25, 0.3) is 0 Å². The lowest BCUT2D eigenvalue weighted by molar-refractivity contribution is -0.140. The molecule has 1 aromatic rings. The molecule has 1 aromatic carbocycles. The fraction of sp³-hybridized carbons (Fsp3) is 0.308. The molecule has 1 rings (SSSR count). The topological polar surface area (TPSA) is 62.7 Å². The third kappa shape index (κ3) is 5.66. The van der Waals surface area contributed by atoms with Gasteiger partial charge in [0.05, 0.1) is 19.2 Å². The van der Waals surface area contributed by atoms with Gasteiger partial charge < -0.3 is 10.1 Å². The van der Waals surface area contributed by atoms with E-state index in [-0.39, 0.29) is 12.4 Å². The zero-order valence-corrected chi connectivity index (χ0v) is 13.7. The number of carbonyl (C=O) groups excluding carboxylic acids is 1. The fourth-order valence-electron chi connectivity index (χ4n) is 1.40. The number of hydrazone groups is 1. The highest BCUT2D eigenvalue weighted by Gasteiger charge is 2.08. The molecule has 7 heteroatoms. The molecule has 0 radical (unpaired) electrons. The Kier molecular flexibility index (Phi) is 7.17. The minimum absolute atomic E-state index is 0.263. The van der Waals surface area contributed by atoms with Crippen LogP contribution in [0.2, 0.25) is 0 Å². The zero-order chi connectivity index (χ0) is 15.0. The summed E-state index contributed by atoms with van der Waals surface area (Å²) in [5.74, 6) is -0.272. The molecule has 0 fully saturated rings. The second kappa shape index (κ2) is 8.65. The summed E-state index contributed by atoms with van der Waals surface area (Å²) in [6.45, 7) is 0. The molecule has 0 amide bonds. The SMILES string of the molecule is CNC(=S)NN=C(CCC(=O)OC)c1ccc(Br)cc1. The molecular formula is C13H16BrN3O2S. The Morgan fingerprint density at radius 2 is 2.00 bits per heavy atom. The Morgan fingerprint density at radius 1 is 1.35 bits per heavy atom. The molecular weight excluding hydrogens is 342 g/mol. The summed E-state index contributed by atoms with van der Waals surface area (Å²) in [5, 5.41) is 7.43. The molecule has 108 valence electrons. The van der Waals surface area contributed by atoms with E-state index in [9.17, 15) is 4.79 Å². The van der Waals surface area contributed by atoms with Crippen molar-refractivity contribution < 1.29 is 9.53 Å². The van der Waals surface area contributed by atoms with Crippen molar-refractivity contribution in [1.82, 2.24) is 10.7 Å². The number of methoxy groups -OCH3 is 1. The molecule has 0 saturated carbocycles. The van der Waals surface area contributed by atoms with Crippen LogP contribution in [0.4, 0.5) is 0 Å². The van der Waals surface area contributed by atoms with Gasteiger partial charge in [-0.1, -0.05) is 28.1 Å². The number of nitrogens with zero attached hydrogens (tertiary/aromatic N) is 1. The van der Waals surface area contributed by atoms with Crippen molar-refractivity contribution in [3.8, 4) is 0 Å². The number of ether oxygens (including phenoxy) is 1. The first-order valence-corrected chi connectivity index (χ1v) is 7.14. The van der Waals surface area contributed by atoms with Crippen molar-refractivity contribution >= 4 is 44.9 Å². The summed E-state index contributed by atoms with van der Waals surface area (Å²) >= 11 is 8.36. The van der Waals surface area contributed by atoms with E-state index in [4.69, 9.17) is 12.2 Å². The van der Waals surface area contributed by atoms with Crippen molar-refractivity contribution in [1.29, 1.82) is 0 Å². The van der Waals surface area contributed by atoms with Crippen LogP contribution < -0.4 is 10.7 Å². The van der Waals surface area contributed by atoms with Crippen LogP contribution in [0.5, 0.6) is 0 Å². The van der Waals surface area contributed by atoms with E-state index in [1.807, 2.05) is 24.3 Å². The van der Waals surface area contributed by atoms with E-state index >= 15 is 0 Å². The zero-order valence-electron chi connectivity index (χ0n) is 11.3. The number of hydrogen-bond donors (Lipinski definition) is 2. The van der Waals surface area contributed by atoms with Crippen LogP contribution in [0, 0.1) is 0 Å². The standard InChI is InChI=1S/C13H16BrN3O2S/c1-15-13(20)17-16-11(7-8-12(18)19-2)9-3-5-10(14)6-4-9/h3-6H,7-8H2,1-2H3,(H2,15,17,20). The van der Waals surface area contributed by atoms with Crippen molar-refractivity contribution in [3.05, 3.63) is 34.3 Å². The van der Waals surface area contributed by atoms with Crippen LogP contribution in [0.15, 0.2) is 33.8 Å². The van der Waals surface area contributed by atoms with Crippen LogP contribution in [-0.4, -0.2) is 31.0 Å². The second-order valence-corrected chi connectivity index (χ2v) is 5.16. The Bertz CT molecular complexity index is 503. The molecule has 0 spiro atoms. The van der Waals surface area contributed by atoms with Crippen LogP contribution in [0.3, 0.4) is 0 Å². The molecule has 0 atom stereocenters. The van der Waals surface area contributed by atoms with Crippen molar-refractivity contribution in [2.24, 2.45) is 5.10 Å². The predicted molar refractivity (Wildman–Crippen MR) is 86.7 cm³/mol. The number of hydrogen-bond acceptors (Lipinski definition) is 4. The lowest BCUT2D eigenvalue weighted by Gasteiger charge is -2.08. The number of rotatable bonds is 5. The largest absolute Gasteiger partial charge is 0.469 e. The summed E-state index contributed by atoms with van der Waals surface area (Å²) in [6.07, 6.45) is 0.729. The van der Waals surface area contributed by atoms with Crippen LogP contribution in [0.25, 0.3) is 0 Å². The van der Waals surface area contributed by atoms with Gasteiger partial charge in [-0.25, -0.2) is 0 Å². The van der Waals surface area contributed by atoms with Gasteiger partial charge in [0.2, 0.25) is 0 Å². The summed E-state index contributed by atoms with van der Waals surface area (Å²) in [4.78, 5) is 11.3. The quantitative estimate of drug-likeness (QED) is 0.366.